The van der Waals surface area contributed by atoms with Gasteiger partial charge in [0.25, 0.3) is 0 Å². The zero-order chi connectivity index (χ0) is 13.7. The first-order valence-corrected chi connectivity index (χ1v) is 6.49. The van der Waals surface area contributed by atoms with Gasteiger partial charge in [-0.2, -0.15) is 0 Å². The van der Waals surface area contributed by atoms with E-state index in [1.54, 1.807) is 12.1 Å². The fourth-order valence-electron chi connectivity index (χ4n) is 2.09. The Kier molecular flexibility index (Phi) is 4.48. The van der Waals surface area contributed by atoms with Crippen molar-refractivity contribution >= 4 is 5.78 Å². The van der Waals surface area contributed by atoms with Crippen molar-refractivity contribution in [2.45, 2.75) is 25.4 Å². The minimum atomic E-state index is -0.657. The van der Waals surface area contributed by atoms with E-state index in [9.17, 15) is 9.90 Å². The van der Waals surface area contributed by atoms with Crippen LogP contribution in [0.1, 0.15) is 35.2 Å². The summed E-state index contributed by atoms with van der Waals surface area (Å²) < 4.78 is 0. The molecule has 19 heavy (non-hydrogen) atoms. The predicted molar refractivity (Wildman–Crippen MR) is 76.3 cm³/mol. The molecule has 0 spiro atoms. The third-order valence-electron chi connectivity index (χ3n) is 3.39. The number of benzene rings is 2. The molecular formula is C17H18O2. The van der Waals surface area contributed by atoms with Gasteiger partial charge < -0.3 is 5.11 Å². The average Bonchev–Trinajstić information content (AvgIpc) is 2.48. The average molecular weight is 254 g/mol. The Hall–Kier alpha value is -1.93. The number of carbonyl (C=O) groups excluding carboxylic acids is 1. The van der Waals surface area contributed by atoms with E-state index < -0.39 is 6.10 Å². The molecule has 0 saturated carbocycles. The van der Waals surface area contributed by atoms with Crippen LogP contribution >= 0.6 is 0 Å². The molecule has 0 aromatic heterocycles. The maximum absolute atomic E-state index is 12.0. The Morgan fingerprint density at radius 2 is 1.53 bits per heavy atom. The van der Waals surface area contributed by atoms with Crippen LogP contribution in [0.4, 0.5) is 0 Å². The maximum Gasteiger partial charge on any atom is 0.165 e. The van der Waals surface area contributed by atoms with Gasteiger partial charge in [0.05, 0.1) is 6.10 Å². The number of hydrogen-bond donors (Lipinski definition) is 1. The van der Waals surface area contributed by atoms with Crippen LogP contribution < -0.4 is 0 Å². The fourth-order valence-corrected chi connectivity index (χ4v) is 2.09. The molecule has 0 aliphatic carbocycles. The number of hydrogen-bond acceptors (Lipinski definition) is 2. The molecule has 0 saturated heterocycles. The second-order valence-electron chi connectivity index (χ2n) is 4.76. The molecule has 2 atom stereocenters. The highest BCUT2D eigenvalue weighted by Crippen LogP contribution is 2.22. The standard InChI is InChI=1S/C17H18O2/c1-13(14-8-4-2-5-9-14)16(18)12-17(19)15-10-6-3-7-11-15/h2-11,13,16,18H,12H2,1H3/t13-,16+/m1/s1. The van der Waals surface area contributed by atoms with Crippen LogP contribution in [0.25, 0.3) is 0 Å². The van der Waals surface area contributed by atoms with E-state index in [-0.39, 0.29) is 18.1 Å². The molecular weight excluding hydrogens is 236 g/mol. The lowest BCUT2D eigenvalue weighted by atomic mass is 9.91. The van der Waals surface area contributed by atoms with Crippen LogP contribution in [0.5, 0.6) is 0 Å². The highest BCUT2D eigenvalue weighted by atomic mass is 16.3. The van der Waals surface area contributed by atoms with E-state index in [2.05, 4.69) is 0 Å². The molecule has 0 radical (unpaired) electrons. The summed E-state index contributed by atoms with van der Waals surface area (Å²) in [5.74, 6) is -0.0651. The van der Waals surface area contributed by atoms with Gasteiger partial charge in [0.1, 0.15) is 0 Å². The Morgan fingerprint density at radius 1 is 1.00 bits per heavy atom. The minimum absolute atomic E-state index is 0.0177. The summed E-state index contributed by atoms with van der Waals surface area (Å²) in [6.07, 6.45) is -0.504. The predicted octanol–water partition coefficient (Wildman–Crippen LogP) is 3.42. The molecule has 0 aliphatic heterocycles. The molecule has 0 amide bonds. The highest BCUT2D eigenvalue weighted by molar-refractivity contribution is 5.96. The van der Waals surface area contributed by atoms with Gasteiger partial charge in [-0.25, -0.2) is 0 Å². The Labute approximate surface area is 113 Å². The Bertz CT molecular complexity index is 519. The normalized spacial score (nSPS) is 13.8. The summed E-state index contributed by atoms with van der Waals surface area (Å²) in [5.41, 5.74) is 1.71. The third-order valence-corrected chi connectivity index (χ3v) is 3.39. The molecule has 2 aromatic carbocycles. The first kappa shape index (κ1) is 13.5. The lowest BCUT2D eigenvalue weighted by Crippen LogP contribution is -2.20. The van der Waals surface area contributed by atoms with Crippen molar-refractivity contribution in [3.8, 4) is 0 Å². The second kappa shape index (κ2) is 6.30. The zero-order valence-electron chi connectivity index (χ0n) is 11.0. The second-order valence-corrected chi connectivity index (χ2v) is 4.76. The van der Waals surface area contributed by atoms with Crippen molar-refractivity contribution in [3.63, 3.8) is 0 Å². The molecule has 0 bridgehead atoms. The van der Waals surface area contributed by atoms with E-state index >= 15 is 0 Å². The number of Topliss-reactive ketones (excluding diaryl/α,β-unsaturated/α-hetero) is 1. The van der Waals surface area contributed by atoms with Gasteiger partial charge in [0.2, 0.25) is 0 Å². The number of aliphatic hydroxyl groups excluding tert-OH is 1. The van der Waals surface area contributed by atoms with Crippen LogP contribution in [0.2, 0.25) is 0 Å². The maximum atomic E-state index is 12.0. The third kappa shape index (κ3) is 3.52. The monoisotopic (exact) mass is 254 g/mol. The van der Waals surface area contributed by atoms with Crippen molar-refractivity contribution in [2.75, 3.05) is 0 Å². The number of rotatable bonds is 5. The summed E-state index contributed by atoms with van der Waals surface area (Å²) >= 11 is 0. The van der Waals surface area contributed by atoms with Crippen LogP contribution in [-0.2, 0) is 0 Å². The molecule has 0 fully saturated rings. The largest absolute Gasteiger partial charge is 0.392 e. The number of aliphatic hydroxyl groups is 1. The van der Waals surface area contributed by atoms with Gasteiger partial charge >= 0.3 is 0 Å². The summed E-state index contributed by atoms with van der Waals surface area (Å²) in [4.78, 5) is 12.0. The first-order chi connectivity index (χ1) is 9.18. The van der Waals surface area contributed by atoms with E-state index in [0.29, 0.717) is 5.56 Å². The van der Waals surface area contributed by atoms with Gasteiger partial charge in [-0.1, -0.05) is 67.6 Å². The van der Waals surface area contributed by atoms with E-state index in [0.717, 1.165) is 5.56 Å². The van der Waals surface area contributed by atoms with Crippen molar-refractivity contribution < 1.29 is 9.90 Å². The van der Waals surface area contributed by atoms with Gasteiger partial charge in [0.15, 0.2) is 5.78 Å². The first-order valence-electron chi connectivity index (χ1n) is 6.49. The lowest BCUT2D eigenvalue weighted by Gasteiger charge is -2.18. The molecule has 0 unspecified atom stereocenters. The molecule has 1 N–H and O–H groups in total. The Morgan fingerprint density at radius 3 is 2.11 bits per heavy atom. The van der Waals surface area contributed by atoms with E-state index in [1.165, 1.54) is 0 Å². The number of ketones is 1. The van der Waals surface area contributed by atoms with Crippen molar-refractivity contribution in [3.05, 3.63) is 71.8 Å². The van der Waals surface area contributed by atoms with Crippen LogP contribution in [-0.4, -0.2) is 17.0 Å². The molecule has 0 heterocycles. The fraction of sp³-hybridized carbons (Fsp3) is 0.235. The topological polar surface area (TPSA) is 37.3 Å². The highest BCUT2D eigenvalue weighted by Gasteiger charge is 2.19. The molecule has 98 valence electrons. The molecule has 2 nitrogen and oxygen atoms in total. The zero-order valence-corrected chi connectivity index (χ0v) is 11.0. The molecule has 2 aromatic rings. The summed E-state index contributed by atoms with van der Waals surface area (Å²) in [6.45, 7) is 1.94. The summed E-state index contributed by atoms with van der Waals surface area (Å²) in [6, 6.07) is 18.9. The van der Waals surface area contributed by atoms with Gasteiger partial charge in [-0.15, -0.1) is 0 Å². The summed E-state index contributed by atoms with van der Waals surface area (Å²) in [5, 5.41) is 10.2. The van der Waals surface area contributed by atoms with Gasteiger partial charge in [0, 0.05) is 17.9 Å². The quantitative estimate of drug-likeness (QED) is 0.830. The van der Waals surface area contributed by atoms with Gasteiger partial charge in [-0.3, -0.25) is 4.79 Å². The van der Waals surface area contributed by atoms with Crippen molar-refractivity contribution in [2.24, 2.45) is 0 Å². The van der Waals surface area contributed by atoms with E-state index in [1.807, 2.05) is 55.5 Å². The van der Waals surface area contributed by atoms with Crippen LogP contribution in [0.15, 0.2) is 60.7 Å². The summed E-state index contributed by atoms with van der Waals surface area (Å²) in [7, 11) is 0. The van der Waals surface area contributed by atoms with Crippen LogP contribution in [0, 0.1) is 0 Å². The molecule has 2 rings (SSSR count). The van der Waals surface area contributed by atoms with Gasteiger partial charge in [-0.05, 0) is 5.56 Å². The number of carbonyl (C=O) groups is 1. The lowest BCUT2D eigenvalue weighted by molar-refractivity contribution is 0.0844. The Balaban J connectivity index is 2.02. The molecule has 2 heteroatoms. The van der Waals surface area contributed by atoms with E-state index in [4.69, 9.17) is 0 Å². The van der Waals surface area contributed by atoms with Crippen LogP contribution in [0.3, 0.4) is 0 Å². The smallest absolute Gasteiger partial charge is 0.165 e. The van der Waals surface area contributed by atoms with Crippen molar-refractivity contribution in [1.29, 1.82) is 0 Å². The van der Waals surface area contributed by atoms with Crippen molar-refractivity contribution in [1.82, 2.24) is 0 Å². The SMILES string of the molecule is C[C@H](c1ccccc1)[C@@H](O)CC(=O)c1ccccc1. The minimum Gasteiger partial charge on any atom is -0.392 e. The molecule has 0 aliphatic rings.